The summed E-state index contributed by atoms with van der Waals surface area (Å²) in [4.78, 5) is 29.1. The Bertz CT molecular complexity index is 944. The molecule has 130 valence electrons. The van der Waals surface area contributed by atoms with Gasteiger partial charge in [0.2, 0.25) is 5.88 Å². The van der Waals surface area contributed by atoms with Gasteiger partial charge < -0.3 is 9.84 Å². The minimum absolute atomic E-state index is 0.0163. The fourth-order valence-corrected chi connectivity index (χ4v) is 2.24. The van der Waals surface area contributed by atoms with Gasteiger partial charge in [0, 0.05) is 6.20 Å². The van der Waals surface area contributed by atoms with Gasteiger partial charge in [-0.05, 0) is 36.4 Å². The fourth-order valence-electron chi connectivity index (χ4n) is 2.24. The first-order valence-electron chi connectivity index (χ1n) is 7.67. The molecule has 0 fully saturated rings. The van der Waals surface area contributed by atoms with E-state index in [1.165, 1.54) is 30.5 Å². The summed E-state index contributed by atoms with van der Waals surface area (Å²) >= 11 is 0. The van der Waals surface area contributed by atoms with E-state index >= 15 is 0 Å². The van der Waals surface area contributed by atoms with Gasteiger partial charge in [-0.3, -0.25) is 9.59 Å². The van der Waals surface area contributed by atoms with E-state index in [-0.39, 0.29) is 22.8 Å². The minimum atomic E-state index is -0.845. The van der Waals surface area contributed by atoms with Gasteiger partial charge in [0.25, 0.3) is 11.8 Å². The molecule has 0 aliphatic carbocycles. The van der Waals surface area contributed by atoms with Crippen LogP contribution in [-0.4, -0.2) is 26.9 Å². The first-order valence-corrected chi connectivity index (χ1v) is 7.67. The Kier molecular flexibility index (Phi) is 4.91. The number of hydrazine groups is 1. The third-order valence-electron chi connectivity index (χ3n) is 3.53. The second-order valence-electron chi connectivity index (χ2n) is 5.27. The molecule has 26 heavy (non-hydrogen) atoms. The number of benzene rings is 2. The van der Waals surface area contributed by atoms with Gasteiger partial charge in [-0.25, -0.2) is 15.8 Å². The second-order valence-corrected chi connectivity index (χ2v) is 5.27. The molecule has 0 unspecified atom stereocenters. The molecule has 0 saturated carbocycles. The van der Waals surface area contributed by atoms with Crippen LogP contribution in [0.15, 0.2) is 72.9 Å². The number of aromatic nitrogens is 1. The largest absolute Gasteiger partial charge is 0.507 e. The van der Waals surface area contributed by atoms with Crippen molar-refractivity contribution in [2.24, 2.45) is 5.84 Å². The molecule has 3 aromatic rings. The number of amides is 2. The zero-order valence-corrected chi connectivity index (χ0v) is 13.6. The van der Waals surface area contributed by atoms with Gasteiger partial charge >= 0.3 is 0 Å². The summed E-state index contributed by atoms with van der Waals surface area (Å²) in [5, 5.41) is 10.2. The van der Waals surface area contributed by atoms with E-state index in [1.807, 2.05) is 6.07 Å². The Morgan fingerprint density at radius 1 is 0.885 bits per heavy atom. The van der Waals surface area contributed by atoms with E-state index in [0.29, 0.717) is 10.8 Å². The van der Waals surface area contributed by atoms with Crippen molar-refractivity contribution < 1.29 is 19.4 Å². The lowest BCUT2D eigenvalue weighted by molar-refractivity contribution is 0.0612. The van der Waals surface area contributed by atoms with Crippen LogP contribution < -0.4 is 10.6 Å². The summed E-state index contributed by atoms with van der Waals surface area (Å²) in [7, 11) is 0. The number of nitrogens with zero attached hydrogens (tertiary/aromatic N) is 2. The zero-order chi connectivity index (χ0) is 18.5. The lowest BCUT2D eigenvalue weighted by Gasteiger charge is -2.17. The lowest BCUT2D eigenvalue weighted by Crippen LogP contribution is -2.42. The summed E-state index contributed by atoms with van der Waals surface area (Å²) in [6.45, 7) is 0. The van der Waals surface area contributed by atoms with E-state index in [0.717, 1.165) is 0 Å². The quantitative estimate of drug-likeness (QED) is 0.325. The molecular formula is C19H15N3O4. The van der Waals surface area contributed by atoms with Crippen LogP contribution in [0.5, 0.6) is 17.4 Å². The molecule has 2 aromatic carbocycles. The lowest BCUT2D eigenvalue weighted by atomic mass is 10.1. The van der Waals surface area contributed by atoms with E-state index in [1.54, 1.807) is 36.4 Å². The van der Waals surface area contributed by atoms with Crippen molar-refractivity contribution in [1.29, 1.82) is 0 Å². The Morgan fingerprint density at radius 3 is 2.23 bits per heavy atom. The number of aromatic hydroxyl groups is 1. The van der Waals surface area contributed by atoms with Crippen molar-refractivity contribution >= 4 is 11.8 Å². The van der Waals surface area contributed by atoms with Gasteiger partial charge in [-0.15, -0.1) is 0 Å². The molecule has 1 aromatic heterocycles. The predicted octanol–water partition coefficient (Wildman–Crippen LogP) is 2.74. The molecule has 7 heteroatoms. The molecule has 0 aliphatic rings. The van der Waals surface area contributed by atoms with Crippen LogP contribution in [0, 0.1) is 0 Å². The number of carbonyl (C=O) groups excluding carboxylic acids is 2. The molecular weight excluding hydrogens is 334 g/mol. The second kappa shape index (κ2) is 7.45. The molecule has 1 heterocycles. The first-order chi connectivity index (χ1) is 12.6. The van der Waals surface area contributed by atoms with E-state index in [4.69, 9.17) is 10.6 Å². The predicted molar refractivity (Wildman–Crippen MR) is 93.5 cm³/mol. The Labute approximate surface area is 149 Å². The van der Waals surface area contributed by atoms with Crippen molar-refractivity contribution in [2.75, 3.05) is 0 Å². The number of nitrogens with two attached hydrogens (primary N) is 1. The van der Waals surface area contributed by atoms with Gasteiger partial charge in [0.1, 0.15) is 17.1 Å². The van der Waals surface area contributed by atoms with Gasteiger partial charge in [0.15, 0.2) is 0 Å². The average molecular weight is 349 g/mol. The van der Waals surface area contributed by atoms with Crippen molar-refractivity contribution in [2.45, 2.75) is 0 Å². The number of imide groups is 1. The SMILES string of the molecule is NN(C(=O)c1ccccc1O)C(=O)c1cccnc1Oc1ccccc1. The minimum Gasteiger partial charge on any atom is -0.507 e. The highest BCUT2D eigenvalue weighted by Gasteiger charge is 2.26. The Hall–Kier alpha value is -3.71. The van der Waals surface area contributed by atoms with Crippen LogP contribution in [-0.2, 0) is 0 Å². The first kappa shape index (κ1) is 17.1. The maximum Gasteiger partial charge on any atom is 0.280 e. The van der Waals surface area contributed by atoms with Crippen molar-refractivity contribution in [1.82, 2.24) is 9.99 Å². The topological polar surface area (TPSA) is 106 Å². The van der Waals surface area contributed by atoms with Gasteiger partial charge in [0.05, 0.1) is 5.56 Å². The number of rotatable bonds is 4. The maximum atomic E-state index is 12.7. The number of phenols is 1. The highest BCUT2D eigenvalue weighted by molar-refractivity contribution is 6.11. The molecule has 0 radical (unpaired) electrons. The van der Waals surface area contributed by atoms with Crippen LogP contribution in [0.3, 0.4) is 0 Å². The molecule has 7 nitrogen and oxygen atoms in total. The number of para-hydroxylation sites is 2. The number of ether oxygens (including phenoxy) is 1. The van der Waals surface area contributed by atoms with E-state index < -0.39 is 11.8 Å². The third-order valence-corrected chi connectivity index (χ3v) is 3.53. The summed E-state index contributed by atoms with van der Waals surface area (Å²) in [5.74, 6) is 4.27. The Morgan fingerprint density at radius 2 is 1.50 bits per heavy atom. The average Bonchev–Trinajstić information content (AvgIpc) is 2.68. The van der Waals surface area contributed by atoms with Crippen LogP contribution in [0.1, 0.15) is 20.7 Å². The molecule has 0 bridgehead atoms. The summed E-state index contributed by atoms with van der Waals surface area (Å²) < 4.78 is 5.62. The summed E-state index contributed by atoms with van der Waals surface area (Å²) in [6.07, 6.45) is 1.46. The molecule has 0 atom stereocenters. The zero-order valence-electron chi connectivity index (χ0n) is 13.6. The molecule has 3 N–H and O–H groups in total. The van der Waals surface area contributed by atoms with Crippen molar-refractivity contribution in [3.05, 3.63) is 84.1 Å². The smallest absolute Gasteiger partial charge is 0.280 e. The number of pyridine rings is 1. The number of hydrogen-bond donors (Lipinski definition) is 2. The third kappa shape index (κ3) is 3.52. The van der Waals surface area contributed by atoms with Crippen LogP contribution >= 0.6 is 0 Å². The van der Waals surface area contributed by atoms with Crippen LogP contribution in [0.2, 0.25) is 0 Å². The van der Waals surface area contributed by atoms with Gasteiger partial charge in [-0.1, -0.05) is 30.3 Å². The standard InChI is InChI=1S/C19H15N3O4/c20-22(18(24)14-9-4-5-11-16(14)23)19(25)15-10-6-12-21-17(15)26-13-7-2-1-3-8-13/h1-12,23H,20H2. The van der Waals surface area contributed by atoms with Crippen LogP contribution in [0.25, 0.3) is 0 Å². The van der Waals surface area contributed by atoms with Crippen LogP contribution in [0.4, 0.5) is 0 Å². The molecule has 0 spiro atoms. The van der Waals surface area contributed by atoms with Gasteiger partial charge in [-0.2, -0.15) is 0 Å². The van der Waals surface area contributed by atoms with E-state index in [2.05, 4.69) is 4.98 Å². The summed E-state index contributed by atoms with van der Waals surface area (Å²) in [5.41, 5.74) is -0.0691. The normalized spacial score (nSPS) is 10.2. The Balaban J connectivity index is 1.88. The molecule has 3 rings (SSSR count). The van der Waals surface area contributed by atoms with Crippen molar-refractivity contribution in [3.63, 3.8) is 0 Å². The number of phenolic OH excluding ortho intramolecular Hbond substituents is 1. The molecule has 2 amide bonds. The summed E-state index contributed by atoms with van der Waals surface area (Å²) in [6, 6.07) is 17.6. The van der Waals surface area contributed by atoms with Crippen molar-refractivity contribution in [3.8, 4) is 17.4 Å². The number of hydrogen-bond acceptors (Lipinski definition) is 6. The monoisotopic (exact) mass is 349 g/mol. The highest BCUT2D eigenvalue weighted by Crippen LogP contribution is 2.24. The number of carbonyl (C=O) groups is 2. The molecule has 0 saturated heterocycles. The highest BCUT2D eigenvalue weighted by atomic mass is 16.5. The molecule has 0 aliphatic heterocycles. The maximum absolute atomic E-state index is 12.7. The fraction of sp³-hybridized carbons (Fsp3) is 0. The van der Waals surface area contributed by atoms with E-state index in [9.17, 15) is 14.7 Å².